The smallest absolute Gasteiger partial charge is 0.125 e. The van der Waals surface area contributed by atoms with Gasteiger partial charge in [-0.25, -0.2) is 0 Å². The molecular formula is C15H25NO2. The van der Waals surface area contributed by atoms with Crippen molar-refractivity contribution in [2.45, 2.75) is 39.8 Å². The summed E-state index contributed by atoms with van der Waals surface area (Å²) in [5.74, 6) is 0.785. The van der Waals surface area contributed by atoms with Crippen LogP contribution in [0.2, 0.25) is 0 Å². The number of aliphatic hydroxyl groups is 1. The Morgan fingerprint density at radius 3 is 2.44 bits per heavy atom. The highest BCUT2D eigenvalue weighted by molar-refractivity contribution is 5.35. The summed E-state index contributed by atoms with van der Waals surface area (Å²) in [7, 11) is 0. The van der Waals surface area contributed by atoms with Gasteiger partial charge in [0.1, 0.15) is 5.75 Å². The minimum absolute atomic E-state index is 0.434. The number of nitrogens with zero attached hydrogens (tertiary/aromatic N) is 1. The molecule has 0 fully saturated rings. The minimum atomic E-state index is -0.505. The number of aliphatic hydroxyl groups excluding tert-OH is 1. The molecule has 0 aliphatic heterocycles. The first-order valence-electron chi connectivity index (χ1n) is 6.73. The molecule has 0 saturated carbocycles. The second-order valence-electron chi connectivity index (χ2n) is 4.67. The molecule has 3 nitrogen and oxygen atoms in total. The van der Waals surface area contributed by atoms with E-state index < -0.39 is 6.10 Å². The number of benzene rings is 1. The Balaban J connectivity index is 2.79. The zero-order chi connectivity index (χ0) is 13.5. The second-order valence-corrected chi connectivity index (χ2v) is 4.67. The summed E-state index contributed by atoms with van der Waals surface area (Å²) in [6.45, 7) is 10.5. The van der Waals surface area contributed by atoms with E-state index in [1.807, 2.05) is 31.2 Å². The molecule has 0 aliphatic rings. The summed E-state index contributed by atoms with van der Waals surface area (Å²) in [6, 6.07) is 8.15. The maximum Gasteiger partial charge on any atom is 0.125 e. The lowest BCUT2D eigenvalue weighted by Gasteiger charge is -2.28. The summed E-state index contributed by atoms with van der Waals surface area (Å²) < 4.78 is 5.56. The lowest BCUT2D eigenvalue weighted by molar-refractivity contribution is 0.0966. The van der Waals surface area contributed by atoms with Crippen LogP contribution in [0, 0.1) is 0 Å². The standard InChI is InChI=1S/C15H25NO2/c1-5-16(12(3)4)11-14(17)13-9-7-8-10-15(13)18-6-2/h7-10,12,14,17H,5-6,11H2,1-4H3. The maximum atomic E-state index is 10.4. The van der Waals surface area contributed by atoms with Gasteiger partial charge in [-0.2, -0.15) is 0 Å². The maximum absolute atomic E-state index is 10.4. The van der Waals surface area contributed by atoms with Crippen LogP contribution in [0.3, 0.4) is 0 Å². The Morgan fingerprint density at radius 1 is 1.22 bits per heavy atom. The van der Waals surface area contributed by atoms with E-state index >= 15 is 0 Å². The first-order valence-corrected chi connectivity index (χ1v) is 6.73. The number of rotatable bonds is 7. The molecule has 0 heterocycles. The largest absolute Gasteiger partial charge is 0.493 e. The lowest BCUT2D eigenvalue weighted by atomic mass is 10.1. The average molecular weight is 251 g/mol. The molecule has 1 aromatic carbocycles. The molecule has 1 aromatic rings. The van der Waals surface area contributed by atoms with Crippen molar-refractivity contribution < 1.29 is 9.84 Å². The fraction of sp³-hybridized carbons (Fsp3) is 0.600. The Hall–Kier alpha value is -1.06. The van der Waals surface area contributed by atoms with Crippen LogP contribution in [0.25, 0.3) is 0 Å². The molecule has 102 valence electrons. The van der Waals surface area contributed by atoms with Crippen molar-refractivity contribution in [3.63, 3.8) is 0 Å². The summed E-state index contributed by atoms with van der Waals surface area (Å²) in [6.07, 6.45) is -0.505. The van der Waals surface area contributed by atoms with Crippen molar-refractivity contribution >= 4 is 0 Å². The molecule has 0 radical (unpaired) electrons. The third-order valence-electron chi connectivity index (χ3n) is 3.12. The van der Waals surface area contributed by atoms with Gasteiger partial charge in [-0.05, 0) is 33.4 Å². The van der Waals surface area contributed by atoms with Crippen molar-refractivity contribution in [3.05, 3.63) is 29.8 Å². The number of likely N-dealkylation sites (N-methyl/N-ethyl adjacent to an activating group) is 1. The number of hydrogen-bond acceptors (Lipinski definition) is 3. The number of ether oxygens (including phenoxy) is 1. The summed E-state index contributed by atoms with van der Waals surface area (Å²) in [4.78, 5) is 2.24. The number of hydrogen-bond donors (Lipinski definition) is 1. The first kappa shape index (κ1) is 15.0. The molecule has 1 unspecified atom stereocenters. The van der Waals surface area contributed by atoms with Crippen LogP contribution in [0.5, 0.6) is 5.75 Å². The third kappa shape index (κ3) is 4.00. The molecule has 0 saturated heterocycles. The van der Waals surface area contributed by atoms with E-state index in [1.165, 1.54) is 0 Å². The average Bonchev–Trinajstić information content (AvgIpc) is 2.36. The summed E-state index contributed by atoms with van der Waals surface area (Å²) in [5.41, 5.74) is 0.874. The van der Waals surface area contributed by atoms with Crippen LogP contribution in [-0.2, 0) is 0 Å². The molecule has 0 aromatic heterocycles. The predicted octanol–water partition coefficient (Wildman–Crippen LogP) is 2.85. The van der Waals surface area contributed by atoms with E-state index in [-0.39, 0.29) is 0 Å². The first-order chi connectivity index (χ1) is 8.60. The van der Waals surface area contributed by atoms with Crippen LogP contribution >= 0.6 is 0 Å². The molecular weight excluding hydrogens is 226 g/mol. The quantitative estimate of drug-likeness (QED) is 0.809. The number of para-hydroxylation sites is 1. The van der Waals surface area contributed by atoms with Crippen LogP contribution < -0.4 is 4.74 Å². The molecule has 1 atom stereocenters. The molecule has 0 bridgehead atoms. The van der Waals surface area contributed by atoms with E-state index in [2.05, 4.69) is 25.7 Å². The van der Waals surface area contributed by atoms with Crippen LogP contribution in [0.15, 0.2) is 24.3 Å². The van der Waals surface area contributed by atoms with Crippen molar-refractivity contribution in [3.8, 4) is 5.75 Å². The monoisotopic (exact) mass is 251 g/mol. The predicted molar refractivity (Wildman–Crippen MR) is 75.0 cm³/mol. The van der Waals surface area contributed by atoms with Gasteiger partial charge in [0.15, 0.2) is 0 Å². The Labute approximate surface area is 110 Å². The van der Waals surface area contributed by atoms with Crippen molar-refractivity contribution in [1.29, 1.82) is 0 Å². The summed E-state index contributed by atoms with van der Waals surface area (Å²) in [5, 5.41) is 10.4. The Bertz CT molecular complexity index is 352. The second kappa shape index (κ2) is 7.39. The normalized spacial score (nSPS) is 13.1. The van der Waals surface area contributed by atoms with E-state index in [9.17, 15) is 5.11 Å². The Kier molecular flexibility index (Phi) is 6.16. The van der Waals surface area contributed by atoms with E-state index in [1.54, 1.807) is 0 Å². The topological polar surface area (TPSA) is 32.7 Å². The minimum Gasteiger partial charge on any atom is -0.493 e. The summed E-state index contributed by atoms with van der Waals surface area (Å²) >= 11 is 0. The van der Waals surface area contributed by atoms with Gasteiger partial charge in [-0.15, -0.1) is 0 Å². The molecule has 0 aliphatic carbocycles. The molecule has 1 rings (SSSR count). The van der Waals surface area contributed by atoms with Gasteiger partial charge in [0.05, 0.1) is 12.7 Å². The van der Waals surface area contributed by atoms with Crippen LogP contribution in [-0.4, -0.2) is 35.7 Å². The molecule has 0 spiro atoms. The van der Waals surface area contributed by atoms with Gasteiger partial charge >= 0.3 is 0 Å². The van der Waals surface area contributed by atoms with Crippen LogP contribution in [0.4, 0.5) is 0 Å². The highest BCUT2D eigenvalue weighted by Crippen LogP contribution is 2.26. The molecule has 3 heteroatoms. The van der Waals surface area contributed by atoms with Gasteiger partial charge < -0.3 is 9.84 Å². The van der Waals surface area contributed by atoms with Crippen molar-refractivity contribution in [1.82, 2.24) is 4.90 Å². The van der Waals surface area contributed by atoms with Gasteiger partial charge in [0.25, 0.3) is 0 Å². The zero-order valence-corrected chi connectivity index (χ0v) is 11.9. The fourth-order valence-electron chi connectivity index (χ4n) is 2.07. The highest BCUT2D eigenvalue weighted by atomic mass is 16.5. The molecule has 0 amide bonds. The van der Waals surface area contributed by atoms with E-state index in [4.69, 9.17) is 4.74 Å². The SMILES string of the molecule is CCOc1ccccc1C(O)CN(CC)C(C)C. The zero-order valence-electron chi connectivity index (χ0n) is 11.9. The van der Waals surface area contributed by atoms with Crippen molar-refractivity contribution in [2.24, 2.45) is 0 Å². The van der Waals surface area contributed by atoms with E-state index in [0.29, 0.717) is 19.2 Å². The van der Waals surface area contributed by atoms with E-state index in [0.717, 1.165) is 17.9 Å². The van der Waals surface area contributed by atoms with Gasteiger partial charge in [-0.3, -0.25) is 4.90 Å². The van der Waals surface area contributed by atoms with Crippen LogP contribution in [0.1, 0.15) is 39.4 Å². The Morgan fingerprint density at radius 2 is 1.89 bits per heavy atom. The molecule has 1 N–H and O–H groups in total. The van der Waals surface area contributed by atoms with Crippen molar-refractivity contribution in [2.75, 3.05) is 19.7 Å². The lowest BCUT2D eigenvalue weighted by Crippen LogP contribution is -2.34. The third-order valence-corrected chi connectivity index (χ3v) is 3.12. The fourth-order valence-corrected chi connectivity index (χ4v) is 2.07. The van der Waals surface area contributed by atoms with Gasteiger partial charge in [0.2, 0.25) is 0 Å². The van der Waals surface area contributed by atoms with Gasteiger partial charge in [-0.1, -0.05) is 25.1 Å². The molecule has 18 heavy (non-hydrogen) atoms. The highest BCUT2D eigenvalue weighted by Gasteiger charge is 2.17. The van der Waals surface area contributed by atoms with Gasteiger partial charge in [0, 0.05) is 18.2 Å².